The van der Waals surface area contributed by atoms with Crippen molar-refractivity contribution in [3.05, 3.63) is 0 Å². The molecule has 1 saturated carbocycles. The third-order valence-corrected chi connectivity index (χ3v) is 4.66. The quantitative estimate of drug-likeness (QED) is 0.527. The van der Waals surface area contributed by atoms with Crippen molar-refractivity contribution in [2.75, 3.05) is 18.9 Å². The maximum absolute atomic E-state index is 5.97. The normalized spacial score (nSPS) is 23.3. The molecule has 1 aliphatic heterocycles. The van der Waals surface area contributed by atoms with Crippen LogP contribution in [0.5, 0.6) is 0 Å². The molecule has 0 bridgehead atoms. The first-order valence-electron chi connectivity index (χ1n) is 5.80. The highest BCUT2D eigenvalue weighted by atomic mass is 32.2. The van der Waals surface area contributed by atoms with Crippen LogP contribution in [0.1, 0.15) is 32.1 Å². The summed E-state index contributed by atoms with van der Waals surface area (Å²) < 4.78 is 6.88. The van der Waals surface area contributed by atoms with Gasteiger partial charge in [-0.05, 0) is 25.7 Å². The van der Waals surface area contributed by atoms with E-state index >= 15 is 0 Å². The van der Waals surface area contributed by atoms with Crippen LogP contribution in [0.4, 0.5) is 0 Å². The van der Waals surface area contributed by atoms with Gasteiger partial charge in [-0.3, -0.25) is 0 Å². The van der Waals surface area contributed by atoms with Crippen molar-refractivity contribution in [3.8, 4) is 12.3 Å². The molecule has 2 fully saturated rings. The van der Waals surface area contributed by atoms with Crippen LogP contribution >= 0.6 is 24.0 Å². The van der Waals surface area contributed by atoms with Gasteiger partial charge in [0.05, 0.1) is 12.4 Å². The Morgan fingerprint density at radius 2 is 2.19 bits per heavy atom. The Morgan fingerprint density at radius 1 is 1.44 bits per heavy atom. The zero-order valence-corrected chi connectivity index (χ0v) is 11.0. The maximum atomic E-state index is 5.97. The number of ether oxygens (including phenoxy) is 1. The van der Waals surface area contributed by atoms with Crippen LogP contribution < -0.4 is 0 Å². The Labute approximate surface area is 107 Å². The van der Waals surface area contributed by atoms with E-state index in [1.165, 1.54) is 19.3 Å². The number of hydrogen-bond acceptors (Lipinski definition) is 3. The maximum Gasteiger partial charge on any atom is 0.142 e. The fourth-order valence-electron chi connectivity index (χ4n) is 2.57. The third-order valence-electron chi connectivity index (χ3n) is 3.31. The number of thioether (sulfide) groups is 1. The number of hydrogen-bond donors (Lipinski definition) is 0. The van der Waals surface area contributed by atoms with Gasteiger partial charge in [-0.25, -0.2) is 0 Å². The molecule has 0 aromatic heterocycles. The highest BCUT2D eigenvalue weighted by molar-refractivity contribution is 8.23. The van der Waals surface area contributed by atoms with Gasteiger partial charge in [0.25, 0.3) is 0 Å². The average Bonchev–Trinajstić information content (AvgIpc) is 2.70. The highest BCUT2D eigenvalue weighted by Gasteiger charge is 2.44. The molecule has 1 heterocycles. The summed E-state index contributed by atoms with van der Waals surface area (Å²) in [6, 6.07) is 0. The van der Waals surface area contributed by atoms with Crippen molar-refractivity contribution in [1.82, 2.24) is 4.90 Å². The third kappa shape index (κ3) is 2.37. The van der Waals surface area contributed by atoms with Crippen molar-refractivity contribution in [3.63, 3.8) is 0 Å². The molecule has 2 aliphatic rings. The van der Waals surface area contributed by atoms with E-state index in [4.69, 9.17) is 23.4 Å². The summed E-state index contributed by atoms with van der Waals surface area (Å²) in [5.74, 6) is 3.28. The first-order chi connectivity index (χ1) is 7.78. The predicted octanol–water partition coefficient (Wildman–Crippen LogP) is 2.63. The van der Waals surface area contributed by atoms with Crippen molar-refractivity contribution >= 4 is 28.3 Å². The molecule has 0 atom stereocenters. The smallest absolute Gasteiger partial charge is 0.142 e. The van der Waals surface area contributed by atoms with E-state index in [2.05, 4.69) is 10.8 Å². The lowest BCUT2D eigenvalue weighted by Crippen LogP contribution is -2.48. The molecule has 88 valence electrons. The molecule has 0 aromatic rings. The lowest BCUT2D eigenvalue weighted by atomic mass is 9.91. The number of thiocarbonyl (C=S) groups is 1. The zero-order valence-electron chi connectivity index (χ0n) is 9.41. The molecule has 1 aliphatic carbocycles. The second-order valence-corrected chi connectivity index (χ2v) is 5.87. The summed E-state index contributed by atoms with van der Waals surface area (Å²) in [4.78, 5) is 2.27. The first-order valence-corrected chi connectivity index (χ1v) is 7.20. The summed E-state index contributed by atoms with van der Waals surface area (Å²) in [6.45, 7) is 1.73. The molecule has 2 nitrogen and oxygen atoms in total. The highest BCUT2D eigenvalue weighted by Crippen LogP contribution is 2.39. The fourth-order valence-corrected chi connectivity index (χ4v) is 3.62. The largest absolute Gasteiger partial charge is 0.354 e. The molecule has 0 N–H and O–H groups in total. The molecule has 0 amide bonds. The molecule has 0 unspecified atom stereocenters. The minimum Gasteiger partial charge on any atom is -0.354 e. The minimum absolute atomic E-state index is 0.0864. The van der Waals surface area contributed by atoms with Gasteiger partial charge in [-0.2, -0.15) is 0 Å². The fraction of sp³-hybridized carbons (Fsp3) is 0.750. The van der Waals surface area contributed by atoms with E-state index in [1.807, 2.05) is 0 Å². The molecule has 0 radical (unpaired) electrons. The van der Waals surface area contributed by atoms with Gasteiger partial charge in [0.2, 0.25) is 0 Å². The Balaban J connectivity index is 2.02. The second kappa shape index (κ2) is 5.39. The molecular formula is C12H17NOS2. The Kier molecular flexibility index (Phi) is 4.12. The lowest BCUT2D eigenvalue weighted by Gasteiger charge is -2.40. The second-order valence-electron chi connectivity index (χ2n) is 4.27. The molecule has 16 heavy (non-hydrogen) atoms. The molecule has 0 aromatic carbocycles. The monoisotopic (exact) mass is 255 g/mol. The summed E-state index contributed by atoms with van der Waals surface area (Å²) in [7, 11) is 0. The van der Waals surface area contributed by atoms with E-state index in [-0.39, 0.29) is 5.72 Å². The van der Waals surface area contributed by atoms with Crippen LogP contribution in [0, 0.1) is 12.3 Å². The van der Waals surface area contributed by atoms with Gasteiger partial charge < -0.3 is 9.64 Å². The van der Waals surface area contributed by atoms with E-state index in [9.17, 15) is 0 Å². The van der Waals surface area contributed by atoms with Crippen molar-refractivity contribution in [2.45, 2.75) is 37.8 Å². The number of terminal acetylenes is 1. The van der Waals surface area contributed by atoms with Crippen LogP contribution in [0.15, 0.2) is 0 Å². The van der Waals surface area contributed by atoms with Gasteiger partial charge in [0.1, 0.15) is 10.0 Å². The van der Waals surface area contributed by atoms with Crippen molar-refractivity contribution in [1.29, 1.82) is 0 Å². The Hall–Kier alpha value is -0.240. The topological polar surface area (TPSA) is 12.5 Å². The van der Waals surface area contributed by atoms with Gasteiger partial charge in [0.15, 0.2) is 0 Å². The summed E-state index contributed by atoms with van der Waals surface area (Å²) in [6.07, 6.45) is 11.3. The van der Waals surface area contributed by atoms with Crippen LogP contribution in [0.3, 0.4) is 0 Å². The van der Waals surface area contributed by atoms with Crippen LogP contribution in [0.25, 0.3) is 0 Å². The van der Waals surface area contributed by atoms with Crippen molar-refractivity contribution in [2.24, 2.45) is 0 Å². The molecule has 4 heteroatoms. The first kappa shape index (κ1) is 12.2. The summed E-state index contributed by atoms with van der Waals surface area (Å²) in [5, 5.41) is 0. The van der Waals surface area contributed by atoms with E-state index in [1.54, 1.807) is 11.8 Å². The molecular weight excluding hydrogens is 238 g/mol. The summed E-state index contributed by atoms with van der Waals surface area (Å²) >= 11 is 7.03. The van der Waals surface area contributed by atoms with E-state index in [0.717, 1.165) is 30.3 Å². The van der Waals surface area contributed by atoms with Crippen LogP contribution in [-0.2, 0) is 4.74 Å². The Bertz CT molecular complexity index is 305. The van der Waals surface area contributed by atoms with Crippen LogP contribution in [-0.4, -0.2) is 33.8 Å². The molecule has 2 rings (SSSR count). The SMILES string of the molecule is C#CCSC(=S)N1CCOC12CCCCC2. The lowest BCUT2D eigenvalue weighted by molar-refractivity contribution is -0.0792. The zero-order chi connectivity index (χ0) is 11.4. The summed E-state index contributed by atoms with van der Waals surface area (Å²) in [5.41, 5.74) is -0.0864. The van der Waals surface area contributed by atoms with E-state index < -0.39 is 0 Å². The van der Waals surface area contributed by atoms with Gasteiger partial charge in [0, 0.05) is 6.54 Å². The van der Waals surface area contributed by atoms with Crippen molar-refractivity contribution < 1.29 is 4.74 Å². The van der Waals surface area contributed by atoms with Gasteiger partial charge in [-0.1, -0.05) is 36.3 Å². The van der Waals surface area contributed by atoms with Crippen LogP contribution in [0.2, 0.25) is 0 Å². The molecule has 1 saturated heterocycles. The minimum atomic E-state index is -0.0864. The average molecular weight is 255 g/mol. The number of nitrogens with zero attached hydrogens (tertiary/aromatic N) is 1. The standard InChI is InChI=1S/C12H17NOS2/c1-2-10-16-11(15)13-8-9-14-12(13)6-4-3-5-7-12/h1H,3-10H2. The van der Waals surface area contributed by atoms with Gasteiger partial charge >= 0.3 is 0 Å². The van der Waals surface area contributed by atoms with Gasteiger partial charge in [-0.15, -0.1) is 6.42 Å². The number of rotatable bonds is 1. The van der Waals surface area contributed by atoms with E-state index in [0.29, 0.717) is 5.75 Å². The predicted molar refractivity (Wildman–Crippen MR) is 72.4 cm³/mol. The Morgan fingerprint density at radius 3 is 2.88 bits per heavy atom. The molecule has 1 spiro atoms.